The molecule has 2 unspecified atom stereocenters. The van der Waals surface area contributed by atoms with Crippen molar-refractivity contribution < 1.29 is 4.74 Å². The van der Waals surface area contributed by atoms with Crippen LogP contribution in [0.25, 0.3) is 0 Å². The van der Waals surface area contributed by atoms with Crippen LogP contribution in [0.1, 0.15) is 49.3 Å². The molecule has 0 radical (unpaired) electrons. The Morgan fingerprint density at radius 3 is 2.80 bits per heavy atom. The Morgan fingerprint density at radius 2 is 2.20 bits per heavy atom. The number of rotatable bonds is 3. The second kappa shape index (κ2) is 5.78. The Hall–Kier alpha value is -0.380. The van der Waals surface area contributed by atoms with Crippen molar-refractivity contribution in [2.75, 3.05) is 13.7 Å². The summed E-state index contributed by atoms with van der Waals surface area (Å²) < 4.78 is 7.26. The maximum absolute atomic E-state index is 6.07. The van der Waals surface area contributed by atoms with Crippen LogP contribution in [0.2, 0.25) is 0 Å². The highest BCUT2D eigenvalue weighted by atomic mass is 79.9. The number of aryl methyl sites for hydroxylation is 1. The molecule has 2 atom stereocenters. The number of hydrogen-bond acceptors (Lipinski definition) is 2. The fraction of sp³-hybridized carbons (Fsp3) is 0.647. The van der Waals surface area contributed by atoms with E-state index in [9.17, 15) is 0 Å². The van der Waals surface area contributed by atoms with Crippen molar-refractivity contribution in [3.05, 3.63) is 33.8 Å². The first-order valence-electron chi connectivity index (χ1n) is 7.71. The molecule has 1 aliphatic carbocycles. The summed E-state index contributed by atoms with van der Waals surface area (Å²) in [4.78, 5) is 0. The van der Waals surface area contributed by atoms with Gasteiger partial charge in [-0.1, -0.05) is 28.1 Å². The molecule has 1 heterocycles. The van der Waals surface area contributed by atoms with Gasteiger partial charge in [0.25, 0.3) is 0 Å². The summed E-state index contributed by atoms with van der Waals surface area (Å²) in [5.41, 5.74) is 2.95. The minimum absolute atomic E-state index is 0.225. The molecule has 1 aromatic carbocycles. The molecule has 1 saturated carbocycles. The monoisotopic (exact) mass is 337 g/mol. The van der Waals surface area contributed by atoms with Crippen LogP contribution in [0.5, 0.6) is 0 Å². The zero-order valence-corrected chi connectivity index (χ0v) is 14.0. The fourth-order valence-electron chi connectivity index (χ4n) is 3.81. The van der Waals surface area contributed by atoms with Gasteiger partial charge in [0.15, 0.2) is 0 Å². The highest BCUT2D eigenvalue weighted by Crippen LogP contribution is 2.47. The van der Waals surface area contributed by atoms with Crippen LogP contribution in [-0.2, 0) is 4.74 Å². The third-order valence-electron chi connectivity index (χ3n) is 5.12. The van der Waals surface area contributed by atoms with E-state index in [0.717, 1.165) is 6.61 Å². The van der Waals surface area contributed by atoms with Crippen molar-refractivity contribution >= 4 is 15.9 Å². The van der Waals surface area contributed by atoms with E-state index in [1.165, 1.54) is 47.7 Å². The molecule has 1 aromatic rings. The minimum Gasteiger partial charge on any atom is -0.375 e. The van der Waals surface area contributed by atoms with Gasteiger partial charge < -0.3 is 10.1 Å². The summed E-state index contributed by atoms with van der Waals surface area (Å²) in [6.45, 7) is 3.09. The van der Waals surface area contributed by atoms with E-state index in [1.54, 1.807) is 0 Å². The van der Waals surface area contributed by atoms with E-state index in [4.69, 9.17) is 4.74 Å². The molecule has 1 N–H and O–H groups in total. The Labute approximate surface area is 130 Å². The van der Waals surface area contributed by atoms with Crippen molar-refractivity contribution in [1.82, 2.24) is 5.32 Å². The fourth-order valence-corrected chi connectivity index (χ4v) is 4.05. The first-order valence-corrected chi connectivity index (χ1v) is 8.50. The first kappa shape index (κ1) is 14.6. The molecule has 0 amide bonds. The summed E-state index contributed by atoms with van der Waals surface area (Å²) in [5.74, 6) is 0.689. The Kier molecular flexibility index (Phi) is 4.21. The van der Waals surface area contributed by atoms with E-state index in [1.807, 2.05) is 0 Å². The number of ether oxygens (including phenoxy) is 1. The van der Waals surface area contributed by atoms with E-state index in [-0.39, 0.29) is 5.60 Å². The third kappa shape index (κ3) is 2.68. The van der Waals surface area contributed by atoms with Gasteiger partial charge in [-0.2, -0.15) is 0 Å². The van der Waals surface area contributed by atoms with Crippen molar-refractivity contribution in [3.63, 3.8) is 0 Å². The molecular weight excluding hydrogens is 314 g/mol. The zero-order valence-electron chi connectivity index (χ0n) is 12.4. The molecule has 0 bridgehead atoms. The predicted molar refractivity (Wildman–Crippen MR) is 85.9 cm³/mol. The van der Waals surface area contributed by atoms with Gasteiger partial charge >= 0.3 is 0 Å². The Bertz CT molecular complexity index is 484. The smallest absolute Gasteiger partial charge is 0.0686 e. The van der Waals surface area contributed by atoms with Crippen LogP contribution < -0.4 is 5.32 Å². The lowest BCUT2D eigenvalue weighted by atomic mass is 9.69. The van der Waals surface area contributed by atoms with Crippen molar-refractivity contribution in [1.29, 1.82) is 0 Å². The summed E-state index contributed by atoms with van der Waals surface area (Å²) >= 11 is 3.59. The lowest BCUT2D eigenvalue weighted by molar-refractivity contribution is -0.147. The van der Waals surface area contributed by atoms with Gasteiger partial charge in [0.1, 0.15) is 0 Å². The minimum atomic E-state index is 0.225. The molecule has 0 aromatic heterocycles. The van der Waals surface area contributed by atoms with E-state index < -0.39 is 0 Å². The molecular formula is C17H24BrNO. The second-order valence-electron chi connectivity index (χ2n) is 6.41. The maximum Gasteiger partial charge on any atom is 0.0686 e. The van der Waals surface area contributed by atoms with Gasteiger partial charge in [0.2, 0.25) is 0 Å². The van der Waals surface area contributed by atoms with Gasteiger partial charge in [-0.15, -0.1) is 0 Å². The van der Waals surface area contributed by atoms with Gasteiger partial charge in [-0.05, 0) is 69.2 Å². The molecule has 2 aliphatic rings. The van der Waals surface area contributed by atoms with E-state index >= 15 is 0 Å². The SMILES string of the molecule is CNC(c1ccc(Br)c(C)c1)C1CCOC2(CCC2)C1. The average molecular weight is 338 g/mol. The molecule has 2 nitrogen and oxygen atoms in total. The topological polar surface area (TPSA) is 21.3 Å². The molecule has 1 saturated heterocycles. The van der Waals surface area contributed by atoms with Gasteiger partial charge in [-0.25, -0.2) is 0 Å². The number of hydrogen-bond donors (Lipinski definition) is 1. The van der Waals surface area contributed by atoms with Crippen LogP contribution in [0.4, 0.5) is 0 Å². The largest absolute Gasteiger partial charge is 0.375 e. The van der Waals surface area contributed by atoms with Gasteiger partial charge in [0, 0.05) is 17.1 Å². The van der Waals surface area contributed by atoms with Crippen molar-refractivity contribution in [2.45, 2.75) is 50.7 Å². The highest BCUT2D eigenvalue weighted by Gasteiger charge is 2.44. The Balaban J connectivity index is 1.79. The highest BCUT2D eigenvalue weighted by molar-refractivity contribution is 9.10. The van der Waals surface area contributed by atoms with Gasteiger partial charge in [0.05, 0.1) is 5.60 Å². The predicted octanol–water partition coefficient (Wildman–Crippen LogP) is 4.37. The molecule has 2 fully saturated rings. The number of nitrogens with one attached hydrogen (secondary N) is 1. The lowest BCUT2D eigenvalue weighted by Crippen LogP contribution is -2.47. The summed E-state index contributed by atoms with van der Waals surface area (Å²) in [7, 11) is 2.09. The van der Waals surface area contributed by atoms with Crippen molar-refractivity contribution in [3.8, 4) is 0 Å². The molecule has 1 aliphatic heterocycles. The first-order chi connectivity index (χ1) is 9.63. The summed E-state index contributed by atoms with van der Waals surface area (Å²) in [6, 6.07) is 7.19. The molecule has 110 valence electrons. The Morgan fingerprint density at radius 1 is 1.40 bits per heavy atom. The average Bonchev–Trinajstić information content (AvgIpc) is 2.42. The molecule has 3 heteroatoms. The number of benzene rings is 1. The second-order valence-corrected chi connectivity index (χ2v) is 7.27. The zero-order chi connectivity index (χ0) is 14.2. The van der Waals surface area contributed by atoms with E-state index in [2.05, 4.69) is 53.4 Å². The van der Waals surface area contributed by atoms with Crippen molar-refractivity contribution in [2.24, 2.45) is 5.92 Å². The standard InChI is InChI=1S/C17H24BrNO/c1-12-10-13(4-5-15(12)18)16(19-2)14-6-9-20-17(11-14)7-3-8-17/h4-5,10,14,16,19H,3,6-9,11H2,1-2H3. The maximum atomic E-state index is 6.07. The molecule has 3 rings (SSSR count). The summed E-state index contributed by atoms with van der Waals surface area (Å²) in [5, 5.41) is 3.55. The van der Waals surface area contributed by atoms with Crippen LogP contribution >= 0.6 is 15.9 Å². The number of halogens is 1. The van der Waals surface area contributed by atoms with Crippen LogP contribution in [0.15, 0.2) is 22.7 Å². The quantitative estimate of drug-likeness (QED) is 0.884. The molecule has 20 heavy (non-hydrogen) atoms. The van der Waals surface area contributed by atoms with Gasteiger partial charge in [-0.3, -0.25) is 0 Å². The van der Waals surface area contributed by atoms with Crippen LogP contribution in [0, 0.1) is 12.8 Å². The molecule has 1 spiro atoms. The van der Waals surface area contributed by atoms with Crippen LogP contribution in [-0.4, -0.2) is 19.3 Å². The third-order valence-corrected chi connectivity index (χ3v) is 6.01. The van der Waals surface area contributed by atoms with Crippen LogP contribution in [0.3, 0.4) is 0 Å². The normalized spacial score (nSPS) is 26.2. The summed E-state index contributed by atoms with van der Waals surface area (Å²) in [6.07, 6.45) is 6.25. The lowest BCUT2D eigenvalue weighted by Gasteiger charge is -2.48. The van der Waals surface area contributed by atoms with E-state index in [0.29, 0.717) is 12.0 Å².